The normalized spacial score (nSPS) is 14.5. The number of ether oxygens (including phenoxy) is 4. The van der Waals surface area contributed by atoms with E-state index in [0.29, 0.717) is 37.5 Å². The van der Waals surface area contributed by atoms with Gasteiger partial charge in [-0.25, -0.2) is 9.13 Å². The molecule has 0 aromatic rings. The third kappa shape index (κ3) is 65.1. The number of hydrogen-bond donors (Lipinski definition) is 3. The van der Waals surface area contributed by atoms with Gasteiger partial charge < -0.3 is 33.8 Å². The van der Waals surface area contributed by atoms with E-state index in [4.69, 9.17) is 37.0 Å². The number of carbonyl (C=O) groups excluding carboxylic acids is 4. The van der Waals surface area contributed by atoms with Gasteiger partial charge in [-0.05, 0) is 49.4 Å². The lowest BCUT2D eigenvalue weighted by Crippen LogP contribution is -2.30. The van der Waals surface area contributed by atoms with E-state index in [1.54, 1.807) is 0 Å². The molecule has 0 bridgehead atoms. The number of rotatable bonds is 69. The van der Waals surface area contributed by atoms with Crippen LogP contribution in [0, 0.1) is 23.7 Å². The number of phosphoric ester groups is 2. The van der Waals surface area contributed by atoms with Crippen molar-refractivity contribution in [2.24, 2.45) is 23.7 Å². The molecule has 91 heavy (non-hydrogen) atoms. The summed E-state index contributed by atoms with van der Waals surface area (Å²) < 4.78 is 68.3. The summed E-state index contributed by atoms with van der Waals surface area (Å²) >= 11 is 0. The van der Waals surface area contributed by atoms with E-state index in [9.17, 15) is 43.2 Å². The fourth-order valence-corrected chi connectivity index (χ4v) is 12.4. The molecule has 0 aromatic carbocycles. The lowest BCUT2D eigenvalue weighted by Gasteiger charge is -2.21. The van der Waals surface area contributed by atoms with Gasteiger partial charge in [0, 0.05) is 25.7 Å². The third-order valence-corrected chi connectivity index (χ3v) is 18.8. The molecule has 4 unspecified atom stereocenters. The minimum Gasteiger partial charge on any atom is -0.462 e. The number of aliphatic hydroxyl groups excluding tert-OH is 1. The minimum absolute atomic E-state index is 0.103. The molecule has 19 heteroatoms. The molecule has 540 valence electrons. The van der Waals surface area contributed by atoms with Gasteiger partial charge in [0.15, 0.2) is 12.2 Å². The summed E-state index contributed by atoms with van der Waals surface area (Å²) in [6.45, 7) is 14.1. The second-order valence-electron chi connectivity index (χ2n) is 27.6. The van der Waals surface area contributed by atoms with Crippen LogP contribution in [0.3, 0.4) is 0 Å². The van der Waals surface area contributed by atoms with E-state index in [1.165, 1.54) is 154 Å². The van der Waals surface area contributed by atoms with Crippen LogP contribution < -0.4 is 0 Å². The van der Waals surface area contributed by atoms with Gasteiger partial charge in [-0.15, -0.1) is 0 Å². The predicted octanol–water partition coefficient (Wildman–Crippen LogP) is 20.5. The van der Waals surface area contributed by atoms with Crippen molar-refractivity contribution in [3.8, 4) is 0 Å². The quantitative estimate of drug-likeness (QED) is 0.0222. The average molecular weight is 1340 g/mol. The maximum Gasteiger partial charge on any atom is 0.472 e. The highest BCUT2D eigenvalue weighted by Crippen LogP contribution is 2.45. The van der Waals surface area contributed by atoms with E-state index < -0.39 is 97.5 Å². The number of esters is 4. The van der Waals surface area contributed by atoms with Crippen LogP contribution in [0.4, 0.5) is 0 Å². The summed E-state index contributed by atoms with van der Waals surface area (Å²) in [5.41, 5.74) is 0. The zero-order chi connectivity index (χ0) is 67.5. The Morgan fingerprint density at radius 1 is 0.308 bits per heavy atom. The standard InChI is InChI=1S/C72H140O17P2/c1-9-65(8)51-43-35-27-19-14-12-10-11-13-15-20-28-36-44-52-69(74)82-58-68(89-72(77)55-47-39-31-23-26-34-42-50-64(6)7)61-87-91(80,81)85-57-66(73)56-84-90(78,79)86-60-67(59-83-70(75)53-45-37-30-22-25-33-41-49-63(4)5)88-71(76)54-46-38-29-21-17-16-18-24-32-40-48-62(2)3/h62-68,73H,9-61H2,1-8H3,(H,78,79)(H,80,81)/t65?,66?,67-,68-/m1/s1. The molecule has 0 saturated carbocycles. The van der Waals surface area contributed by atoms with Gasteiger partial charge in [0.05, 0.1) is 26.4 Å². The van der Waals surface area contributed by atoms with Gasteiger partial charge in [0.2, 0.25) is 0 Å². The molecular formula is C72H140O17P2. The minimum atomic E-state index is -4.95. The van der Waals surface area contributed by atoms with Crippen molar-refractivity contribution < 1.29 is 80.2 Å². The van der Waals surface area contributed by atoms with Crippen molar-refractivity contribution in [3.05, 3.63) is 0 Å². The van der Waals surface area contributed by atoms with Crippen LogP contribution in [0.5, 0.6) is 0 Å². The van der Waals surface area contributed by atoms with E-state index in [2.05, 4.69) is 55.4 Å². The van der Waals surface area contributed by atoms with E-state index >= 15 is 0 Å². The van der Waals surface area contributed by atoms with Gasteiger partial charge in [0.25, 0.3) is 0 Å². The Bertz CT molecular complexity index is 1800. The Kier molecular flexibility index (Phi) is 60.3. The first kappa shape index (κ1) is 89.1. The topological polar surface area (TPSA) is 237 Å². The summed E-state index contributed by atoms with van der Waals surface area (Å²) in [7, 11) is -9.90. The van der Waals surface area contributed by atoms with Crippen LogP contribution in [-0.2, 0) is 65.4 Å². The monoisotopic (exact) mass is 1340 g/mol. The van der Waals surface area contributed by atoms with Crippen molar-refractivity contribution in [1.29, 1.82) is 0 Å². The highest BCUT2D eigenvalue weighted by atomic mass is 31.2. The summed E-state index contributed by atoms with van der Waals surface area (Å²) in [5.74, 6) is 0.873. The number of unbranched alkanes of at least 4 members (excludes halogenated alkanes) is 34. The summed E-state index contributed by atoms with van der Waals surface area (Å²) in [5, 5.41) is 10.6. The van der Waals surface area contributed by atoms with Crippen LogP contribution in [0.25, 0.3) is 0 Å². The Morgan fingerprint density at radius 3 is 0.780 bits per heavy atom. The molecule has 0 spiro atoms. The highest BCUT2D eigenvalue weighted by Gasteiger charge is 2.30. The van der Waals surface area contributed by atoms with Gasteiger partial charge in [-0.1, -0.05) is 306 Å². The molecule has 0 amide bonds. The van der Waals surface area contributed by atoms with Crippen molar-refractivity contribution in [3.63, 3.8) is 0 Å². The van der Waals surface area contributed by atoms with Gasteiger partial charge in [-0.2, -0.15) is 0 Å². The van der Waals surface area contributed by atoms with Crippen LogP contribution in [-0.4, -0.2) is 96.7 Å². The summed E-state index contributed by atoms with van der Waals surface area (Å²) in [4.78, 5) is 72.6. The van der Waals surface area contributed by atoms with Crippen LogP contribution in [0.2, 0.25) is 0 Å². The lowest BCUT2D eigenvalue weighted by atomic mass is 9.99. The van der Waals surface area contributed by atoms with Crippen molar-refractivity contribution in [2.75, 3.05) is 39.6 Å². The fourth-order valence-electron chi connectivity index (χ4n) is 10.8. The molecule has 0 aliphatic heterocycles. The highest BCUT2D eigenvalue weighted by molar-refractivity contribution is 7.47. The van der Waals surface area contributed by atoms with Crippen LogP contribution in [0.1, 0.15) is 357 Å². The SMILES string of the molecule is CCC(C)CCCCCCCCCCCCCCCCC(=O)OC[C@H](COP(=O)(O)OCC(O)COP(=O)(O)OC[C@@H](COC(=O)CCCCCCCCCC(C)C)OC(=O)CCCCCCCCCCCCC(C)C)OC(=O)CCCCCCCCCC(C)C. The van der Waals surface area contributed by atoms with E-state index in [1.807, 2.05) is 0 Å². The molecule has 0 aliphatic carbocycles. The van der Waals surface area contributed by atoms with Gasteiger partial charge in [0.1, 0.15) is 19.3 Å². The number of aliphatic hydroxyl groups is 1. The number of phosphoric acid groups is 2. The zero-order valence-corrected chi connectivity index (χ0v) is 61.3. The second kappa shape index (κ2) is 61.6. The first-order valence-corrected chi connectivity index (χ1v) is 40.2. The molecule has 3 N–H and O–H groups in total. The fraction of sp³-hybridized carbons (Fsp3) is 0.944. The van der Waals surface area contributed by atoms with Crippen molar-refractivity contribution in [2.45, 2.75) is 375 Å². The maximum atomic E-state index is 13.0. The molecule has 0 heterocycles. The summed E-state index contributed by atoms with van der Waals surface area (Å²) in [6, 6.07) is 0. The first-order valence-electron chi connectivity index (χ1n) is 37.2. The van der Waals surface area contributed by atoms with Gasteiger partial charge in [-0.3, -0.25) is 37.3 Å². The molecule has 0 saturated heterocycles. The predicted molar refractivity (Wildman–Crippen MR) is 367 cm³/mol. The Morgan fingerprint density at radius 2 is 0.527 bits per heavy atom. The smallest absolute Gasteiger partial charge is 0.462 e. The third-order valence-electron chi connectivity index (χ3n) is 16.9. The van der Waals surface area contributed by atoms with Crippen molar-refractivity contribution >= 4 is 39.5 Å². The van der Waals surface area contributed by atoms with E-state index in [0.717, 1.165) is 108 Å². The average Bonchev–Trinajstić information content (AvgIpc) is 3.34. The Hall–Kier alpha value is -1.94. The number of carbonyl (C=O) groups is 4. The summed E-state index contributed by atoms with van der Waals surface area (Å²) in [6.07, 6.45) is 44.6. The van der Waals surface area contributed by atoms with Crippen LogP contribution in [0.15, 0.2) is 0 Å². The van der Waals surface area contributed by atoms with E-state index in [-0.39, 0.29) is 25.7 Å². The Labute approximate surface area is 556 Å². The molecule has 6 atom stereocenters. The molecule has 17 nitrogen and oxygen atoms in total. The van der Waals surface area contributed by atoms with Crippen molar-refractivity contribution in [1.82, 2.24) is 0 Å². The maximum absolute atomic E-state index is 13.0. The molecule has 0 radical (unpaired) electrons. The van der Waals surface area contributed by atoms with Crippen LogP contribution >= 0.6 is 15.6 Å². The molecular weight excluding hydrogens is 1200 g/mol. The number of hydrogen-bond acceptors (Lipinski definition) is 15. The first-order chi connectivity index (χ1) is 43.6. The van der Waals surface area contributed by atoms with Gasteiger partial charge >= 0.3 is 39.5 Å². The molecule has 0 aromatic heterocycles. The largest absolute Gasteiger partial charge is 0.472 e. The molecule has 0 fully saturated rings. The Balaban J connectivity index is 5.20. The lowest BCUT2D eigenvalue weighted by molar-refractivity contribution is -0.161. The second-order valence-corrected chi connectivity index (χ2v) is 30.6. The molecule has 0 rings (SSSR count). The molecule has 0 aliphatic rings. The zero-order valence-electron chi connectivity index (χ0n) is 59.5.